The summed E-state index contributed by atoms with van der Waals surface area (Å²) in [6.07, 6.45) is 2.96. The van der Waals surface area contributed by atoms with Gasteiger partial charge in [-0.05, 0) is 42.5 Å². The summed E-state index contributed by atoms with van der Waals surface area (Å²) in [4.78, 5) is 11.8. The zero-order valence-corrected chi connectivity index (χ0v) is 12.5. The Labute approximate surface area is 132 Å². The van der Waals surface area contributed by atoms with E-state index in [4.69, 9.17) is 34.8 Å². The molecule has 1 N–H and O–H groups in total. The number of hydrogen-bond acceptors (Lipinski definition) is 1. The molecular weight excluding hydrogens is 317 g/mol. The van der Waals surface area contributed by atoms with Gasteiger partial charge in [0.1, 0.15) is 0 Å². The molecule has 0 saturated heterocycles. The standard InChI is InChI=1S/C15H10Cl3NO/c16-10-4-6-11(7-5-10)19-15(20)9-8-12-13(17)2-1-3-14(12)18/h1-9H,(H,19,20)/b9-8+. The summed E-state index contributed by atoms with van der Waals surface area (Å²) in [6, 6.07) is 12.0. The van der Waals surface area contributed by atoms with Gasteiger partial charge in [0.2, 0.25) is 5.91 Å². The minimum Gasteiger partial charge on any atom is -0.323 e. The summed E-state index contributed by atoms with van der Waals surface area (Å²) in [5.41, 5.74) is 1.27. The molecule has 5 heteroatoms. The van der Waals surface area contributed by atoms with Crippen LogP contribution in [0.5, 0.6) is 0 Å². The molecule has 20 heavy (non-hydrogen) atoms. The second-order valence-electron chi connectivity index (χ2n) is 3.96. The largest absolute Gasteiger partial charge is 0.323 e. The van der Waals surface area contributed by atoms with E-state index < -0.39 is 0 Å². The van der Waals surface area contributed by atoms with Crippen molar-refractivity contribution in [2.24, 2.45) is 0 Å². The number of halogens is 3. The van der Waals surface area contributed by atoms with Crippen LogP contribution in [-0.4, -0.2) is 5.91 Å². The highest BCUT2D eigenvalue weighted by Gasteiger charge is 2.03. The molecule has 2 aromatic rings. The Hall–Kier alpha value is -1.48. The molecule has 102 valence electrons. The van der Waals surface area contributed by atoms with Crippen LogP contribution >= 0.6 is 34.8 Å². The van der Waals surface area contributed by atoms with Crippen molar-refractivity contribution in [1.29, 1.82) is 0 Å². The van der Waals surface area contributed by atoms with Gasteiger partial charge in [0, 0.05) is 32.4 Å². The minimum absolute atomic E-state index is 0.275. The quantitative estimate of drug-likeness (QED) is 0.762. The summed E-state index contributed by atoms with van der Waals surface area (Å²) >= 11 is 17.8. The molecule has 0 unspecified atom stereocenters. The molecule has 0 aliphatic heterocycles. The Morgan fingerprint density at radius 1 is 0.950 bits per heavy atom. The summed E-state index contributed by atoms with van der Waals surface area (Å²) in [5.74, 6) is -0.275. The average molecular weight is 327 g/mol. The van der Waals surface area contributed by atoms with Crippen molar-refractivity contribution in [3.05, 3.63) is 69.2 Å². The molecule has 1 amide bonds. The number of amides is 1. The van der Waals surface area contributed by atoms with Gasteiger partial charge in [-0.1, -0.05) is 40.9 Å². The fourth-order valence-corrected chi connectivity index (χ4v) is 2.20. The molecule has 0 heterocycles. The Balaban J connectivity index is 2.08. The van der Waals surface area contributed by atoms with Crippen LogP contribution in [0, 0.1) is 0 Å². The van der Waals surface area contributed by atoms with Gasteiger partial charge in [-0.15, -0.1) is 0 Å². The van der Waals surface area contributed by atoms with Crippen molar-refractivity contribution in [3.63, 3.8) is 0 Å². The van der Waals surface area contributed by atoms with Gasteiger partial charge in [-0.2, -0.15) is 0 Å². The van der Waals surface area contributed by atoms with Crippen molar-refractivity contribution in [3.8, 4) is 0 Å². The van der Waals surface area contributed by atoms with Gasteiger partial charge in [0.05, 0.1) is 0 Å². The molecule has 0 aliphatic carbocycles. The maximum absolute atomic E-state index is 11.8. The molecule has 2 aromatic carbocycles. The summed E-state index contributed by atoms with van der Waals surface area (Å²) in [7, 11) is 0. The average Bonchev–Trinajstić information content (AvgIpc) is 2.41. The third kappa shape index (κ3) is 4.01. The predicted molar refractivity (Wildman–Crippen MR) is 85.6 cm³/mol. The monoisotopic (exact) mass is 325 g/mol. The lowest BCUT2D eigenvalue weighted by Crippen LogP contribution is -2.07. The third-order valence-electron chi connectivity index (χ3n) is 2.51. The van der Waals surface area contributed by atoms with E-state index >= 15 is 0 Å². The fraction of sp³-hybridized carbons (Fsp3) is 0. The van der Waals surface area contributed by atoms with Crippen LogP contribution < -0.4 is 5.32 Å². The highest BCUT2D eigenvalue weighted by molar-refractivity contribution is 6.37. The normalized spacial score (nSPS) is 10.8. The first kappa shape index (κ1) is 14.9. The van der Waals surface area contributed by atoms with Crippen molar-refractivity contribution >= 4 is 52.5 Å². The van der Waals surface area contributed by atoms with Crippen LogP contribution in [-0.2, 0) is 4.79 Å². The van der Waals surface area contributed by atoms with Crippen LogP contribution in [0.15, 0.2) is 48.5 Å². The maximum Gasteiger partial charge on any atom is 0.248 e. The van der Waals surface area contributed by atoms with E-state index in [0.29, 0.717) is 26.3 Å². The van der Waals surface area contributed by atoms with Crippen molar-refractivity contribution in [1.82, 2.24) is 0 Å². The number of hydrogen-bond donors (Lipinski definition) is 1. The maximum atomic E-state index is 11.8. The number of benzene rings is 2. The van der Waals surface area contributed by atoms with Crippen molar-refractivity contribution < 1.29 is 4.79 Å². The zero-order chi connectivity index (χ0) is 14.5. The molecule has 0 radical (unpaired) electrons. The molecule has 2 nitrogen and oxygen atoms in total. The van der Waals surface area contributed by atoms with E-state index in [0.717, 1.165) is 0 Å². The smallest absolute Gasteiger partial charge is 0.248 e. The van der Waals surface area contributed by atoms with Gasteiger partial charge in [-0.3, -0.25) is 4.79 Å². The van der Waals surface area contributed by atoms with E-state index in [1.807, 2.05) is 0 Å². The number of nitrogens with one attached hydrogen (secondary N) is 1. The molecule has 0 atom stereocenters. The van der Waals surface area contributed by atoms with Gasteiger partial charge in [0.15, 0.2) is 0 Å². The molecular formula is C15H10Cl3NO. The van der Waals surface area contributed by atoms with Crippen LogP contribution in [0.1, 0.15) is 5.56 Å². The number of anilines is 1. The lowest BCUT2D eigenvalue weighted by Gasteiger charge is -2.03. The predicted octanol–water partition coefficient (Wildman–Crippen LogP) is 5.30. The zero-order valence-electron chi connectivity index (χ0n) is 10.2. The first-order valence-electron chi connectivity index (χ1n) is 5.75. The molecule has 0 bridgehead atoms. The molecule has 0 saturated carbocycles. The van der Waals surface area contributed by atoms with Crippen LogP contribution in [0.3, 0.4) is 0 Å². The minimum atomic E-state index is -0.275. The fourth-order valence-electron chi connectivity index (χ4n) is 1.55. The summed E-state index contributed by atoms with van der Waals surface area (Å²) in [5, 5.41) is 4.31. The number of rotatable bonds is 3. The van der Waals surface area contributed by atoms with E-state index in [-0.39, 0.29) is 5.91 Å². The van der Waals surface area contributed by atoms with Crippen LogP contribution in [0.4, 0.5) is 5.69 Å². The molecule has 2 rings (SSSR count). The van der Waals surface area contributed by atoms with Gasteiger partial charge in [-0.25, -0.2) is 0 Å². The van der Waals surface area contributed by atoms with E-state index in [9.17, 15) is 4.79 Å². The number of carbonyl (C=O) groups is 1. The SMILES string of the molecule is O=C(/C=C/c1c(Cl)cccc1Cl)Nc1ccc(Cl)cc1. The first-order valence-corrected chi connectivity index (χ1v) is 6.88. The Morgan fingerprint density at radius 2 is 1.55 bits per heavy atom. The summed E-state index contributed by atoms with van der Waals surface area (Å²) in [6.45, 7) is 0. The van der Waals surface area contributed by atoms with E-state index in [1.54, 1.807) is 48.5 Å². The topological polar surface area (TPSA) is 29.1 Å². The highest BCUT2D eigenvalue weighted by atomic mass is 35.5. The van der Waals surface area contributed by atoms with Gasteiger partial charge in [0.25, 0.3) is 0 Å². The number of carbonyl (C=O) groups excluding carboxylic acids is 1. The van der Waals surface area contributed by atoms with E-state index in [2.05, 4.69) is 5.32 Å². The van der Waals surface area contributed by atoms with Gasteiger partial charge < -0.3 is 5.32 Å². The first-order chi connectivity index (χ1) is 9.56. The Kier molecular flexibility index (Phi) is 5.07. The summed E-state index contributed by atoms with van der Waals surface area (Å²) < 4.78 is 0. The second kappa shape index (κ2) is 6.80. The van der Waals surface area contributed by atoms with Crippen LogP contribution in [0.25, 0.3) is 6.08 Å². The highest BCUT2D eigenvalue weighted by Crippen LogP contribution is 2.25. The third-order valence-corrected chi connectivity index (χ3v) is 3.42. The molecule has 0 spiro atoms. The lowest BCUT2D eigenvalue weighted by molar-refractivity contribution is -0.111. The Bertz CT molecular complexity index is 630. The second-order valence-corrected chi connectivity index (χ2v) is 5.22. The lowest BCUT2D eigenvalue weighted by atomic mass is 10.2. The molecule has 0 aromatic heterocycles. The molecule has 0 aliphatic rings. The molecule has 0 fully saturated rings. The van der Waals surface area contributed by atoms with E-state index in [1.165, 1.54) is 6.08 Å². The van der Waals surface area contributed by atoms with Crippen LogP contribution in [0.2, 0.25) is 15.1 Å². The van der Waals surface area contributed by atoms with Gasteiger partial charge >= 0.3 is 0 Å². The Morgan fingerprint density at radius 3 is 2.15 bits per heavy atom. The van der Waals surface area contributed by atoms with Crippen molar-refractivity contribution in [2.45, 2.75) is 0 Å². The van der Waals surface area contributed by atoms with Crippen molar-refractivity contribution in [2.75, 3.05) is 5.32 Å².